The van der Waals surface area contributed by atoms with E-state index in [1.54, 1.807) is 0 Å². The number of rotatable bonds is 7. The van der Waals surface area contributed by atoms with E-state index in [1.165, 1.54) is 5.56 Å². The maximum atomic E-state index is 12.2. The van der Waals surface area contributed by atoms with Gasteiger partial charge in [-0.15, -0.1) is 0 Å². The van der Waals surface area contributed by atoms with Gasteiger partial charge < -0.3 is 16.0 Å². The van der Waals surface area contributed by atoms with Gasteiger partial charge in [0.15, 0.2) is 15.8 Å². The molecule has 0 bridgehead atoms. The molecule has 0 saturated carbocycles. The van der Waals surface area contributed by atoms with Gasteiger partial charge in [0.1, 0.15) is 0 Å². The maximum Gasteiger partial charge on any atom is 0.222 e. The lowest BCUT2D eigenvalue weighted by Crippen LogP contribution is -2.39. The molecule has 1 unspecified atom stereocenters. The Kier molecular flexibility index (Phi) is 7.46. The molecule has 1 heterocycles. The van der Waals surface area contributed by atoms with E-state index < -0.39 is 9.84 Å². The van der Waals surface area contributed by atoms with Crippen molar-refractivity contribution in [2.45, 2.75) is 32.4 Å². The molecule has 0 aliphatic carbocycles. The number of hydrogen-bond acceptors (Lipinski definition) is 4. The minimum absolute atomic E-state index is 0.0327. The standard InChI is InChI=1S/C22H28N4O3S/c1-17-7-9-18(10-8-17)15-24-22(26-19-5-3-2-4-6-19)23-13-11-21(27)25-20-12-14-30(28,29)16-20/h2-10,20H,11-16H2,1H3,(H,25,27)(H2,23,24,26). The van der Waals surface area contributed by atoms with Crippen molar-refractivity contribution in [2.75, 3.05) is 23.4 Å². The van der Waals surface area contributed by atoms with Crippen molar-refractivity contribution in [3.63, 3.8) is 0 Å². The lowest BCUT2D eigenvalue weighted by molar-refractivity contribution is -0.121. The molecule has 1 atom stereocenters. The van der Waals surface area contributed by atoms with Gasteiger partial charge in [0.05, 0.1) is 18.1 Å². The van der Waals surface area contributed by atoms with Crippen molar-refractivity contribution in [2.24, 2.45) is 4.99 Å². The summed E-state index contributed by atoms with van der Waals surface area (Å²) >= 11 is 0. The number of carbonyl (C=O) groups excluding carboxylic acids is 1. The fourth-order valence-corrected chi connectivity index (χ4v) is 4.84. The summed E-state index contributed by atoms with van der Waals surface area (Å²) in [6.45, 7) is 2.94. The second-order valence-corrected chi connectivity index (χ2v) is 9.71. The SMILES string of the molecule is Cc1ccc(CN=C(NCCC(=O)NC2CCS(=O)(=O)C2)Nc2ccccc2)cc1. The monoisotopic (exact) mass is 428 g/mol. The largest absolute Gasteiger partial charge is 0.356 e. The van der Waals surface area contributed by atoms with Crippen LogP contribution in [0, 0.1) is 6.92 Å². The first-order valence-electron chi connectivity index (χ1n) is 10.1. The smallest absolute Gasteiger partial charge is 0.222 e. The Morgan fingerprint density at radius 1 is 1.10 bits per heavy atom. The highest BCUT2D eigenvalue weighted by atomic mass is 32.2. The minimum Gasteiger partial charge on any atom is -0.356 e. The van der Waals surface area contributed by atoms with Gasteiger partial charge in [-0.3, -0.25) is 4.79 Å². The molecule has 3 rings (SSSR count). The van der Waals surface area contributed by atoms with Crippen molar-refractivity contribution in [3.05, 3.63) is 65.7 Å². The van der Waals surface area contributed by atoms with Crippen LogP contribution in [0.15, 0.2) is 59.6 Å². The number of aryl methyl sites for hydroxylation is 1. The number of sulfone groups is 1. The number of nitrogens with one attached hydrogen (secondary N) is 3. The average molecular weight is 429 g/mol. The lowest BCUT2D eigenvalue weighted by Gasteiger charge is -2.14. The predicted octanol–water partition coefficient (Wildman–Crippen LogP) is 2.25. The molecule has 0 radical (unpaired) electrons. The van der Waals surface area contributed by atoms with Gasteiger partial charge in [-0.25, -0.2) is 13.4 Å². The van der Waals surface area contributed by atoms with Crippen LogP contribution in [-0.2, 0) is 21.2 Å². The highest BCUT2D eigenvalue weighted by molar-refractivity contribution is 7.91. The zero-order valence-electron chi connectivity index (χ0n) is 17.1. The third kappa shape index (κ3) is 7.18. The number of nitrogens with zero attached hydrogens (tertiary/aromatic N) is 1. The Morgan fingerprint density at radius 2 is 1.83 bits per heavy atom. The van der Waals surface area contributed by atoms with Gasteiger partial charge in [-0.05, 0) is 31.0 Å². The molecule has 2 aromatic rings. The van der Waals surface area contributed by atoms with E-state index in [2.05, 4.69) is 33.1 Å². The molecule has 7 nitrogen and oxygen atoms in total. The predicted molar refractivity (Wildman–Crippen MR) is 120 cm³/mol. The maximum absolute atomic E-state index is 12.2. The minimum atomic E-state index is -3.01. The van der Waals surface area contributed by atoms with Gasteiger partial charge in [0.2, 0.25) is 5.91 Å². The zero-order valence-corrected chi connectivity index (χ0v) is 17.9. The number of aliphatic imine (C=N–C) groups is 1. The van der Waals surface area contributed by atoms with Crippen LogP contribution < -0.4 is 16.0 Å². The average Bonchev–Trinajstić information content (AvgIpc) is 3.06. The molecule has 1 saturated heterocycles. The van der Waals surface area contributed by atoms with Crippen molar-refractivity contribution in [1.29, 1.82) is 0 Å². The molecule has 2 aromatic carbocycles. The molecule has 1 amide bonds. The number of guanidine groups is 1. The summed E-state index contributed by atoms with van der Waals surface area (Å²) in [6, 6.07) is 17.6. The van der Waals surface area contributed by atoms with Crippen molar-refractivity contribution >= 4 is 27.4 Å². The van der Waals surface area contributed by atoms with Gasteiger partial charge in [0.25, 0.3) is 0 Å². The summed E-state index contributed by atoms with van der Waals surface area (Å²) in [4.78, 5) is 16.8. The molecule has 0 spiro atoms. The summed E-state index contributed by atoms with van der Waals surface area (Å²) in [5, 5.41) is 9.23. The van der Waals surface area contributed by atoms with E-state index in [4.69, 9.17) is 0 Å². The van der Waals surface area contributed by atoms with Gasteiger partial charge in [0, 0.05) is 24.7 Å². The molecule has 8 heteroatoms. The fraction of sp³-hybridized carbons (Fsp3) is 0.364. The van der Waals surface area contributed by atoms with Crippen LogP contribution in [0.4, 0.5) is 5.69 Å². The Hall–Kier alpha value is -2.87. The van der Waals surface area contributed by atoms with Gasteiger partial charge in [-0.2, -0.15) is 0 Å². The molecule has 1 aliphatic rings. The second kappa shape index (κ2) is 10.2. The van der Waals surface area contributed by atoms with Crippen LogP contribution in [0.5, 0.6) is 0 Å². The number of amides is 1. The van der Waals surface area contributed by atoms with Crippen LogP contribution in [0.25, 0.3) is 0 Å². The third-order valence-electron chi connectivity index (χ3n) is 4.82. The Labute approximate surface area is 177 Å². The number of para-hydroxylation sites is 1. The molecule has 1 fully saturated rings. The Balaban J connectivity index is 1.54. The highest BCUT2D eigenvalue weighted by Crippen LogP contribution is 2.11. The molecule has 1 aliphatic heterocycles. The molecular formula is C22H28N4O3S. The second-order valence-electron chi connectivity index (χ2n) is 7.49. The number of carbonyl (C=O) groups is 1. The fourth-order valence-electron chi connectivity index (χ4n) is 3.16. The van der Waals surface area contributed by atoms with E-state index in [1.807, 2.05) is 49.4 Å². The van der Waals surface area contributed by atoms with Gasteiger partial charge >= 0.3 is 0 Å². The quantitative estimate of drug-likeness (QED) is 0.464. The van der Waals surface area contributed by atoms with E-state index in [0.29, 0.717) is 25.5 Å². The topological polar surface area (TPSA) is 99.7 Å². The Bertz CT molecular complexity index is 973. The summed E-state index contributed by atoms with van der Waals surface area (Å²) in [6.07, 6.45) is 0.719. The van der Waals surface area contributed by atoms with Crippen molar-refractivity contribution in [3.8, 4) is 0 Å². The van der Waals surface area contributed by atoms with E-state index in [0.717, 1.165) is 11.3 Å². The van der Waals surface area contributed by atoms with Crippen LogP contribution in [0.2, 0.25) is 0 Å². The summed E-state index contributed by atoms with van der Waals surface area (Å²) in [5.41, 5.74) is 3.19. The molecule has 3 N–H and O–H groups in total. The van der Waals surface area contributed by atoms with Crippen molar-refractivity contribution < 1.29 is 13.2 Å². The van der Waals surface area contributed by atoms with Crippen molar-refractivity contribution in [1.82, 2.24) is 10.6 Å². The highest BCUT2D eigenvalue weighted by Gasteiger charge is 2.28. The normalized spacial score (nSPS) is 18.0. The molecule has 30 heavy (non-hydrogen) atoms. The summed E-state index contributed by atoms with van der Waals surface area (Å²) < 4.78 is 23.0. The first-order chi connectivity index (χ1) is 14.4. The van der Waals surface area contributed by atoms with E-state index in [9.17, 15) is 13.2 Å². The van der Waals surface area contributed by atoms with E-state index in [-0.39, 0.29) is 29.9 Å². The summed E-state index contributed by atoms with van der Waals surface area (Å²) in [7, 11) is -3.01. The van der Waals surface area contributed by atoms with Crippen LogP contribution in [0.1, 0.15) is 24.0 Å². The van der Waals surface area contributed by atoms with Crippen LogP contribution >= 0.6 is 0 Å². The van der Waals surface area contributed by atoms with Crippen LogP contribution in [0.3, 0.4) is 0 Å². The first kappa shape index (κ1) is 21.8. The first-order valence-corrected chi connectivity index (χ1v) is 11.9. The zero-order chi connectivity index (χ0) is 21.4. The van der Waals surface area contributed by atoms with E-state index >= 15 is 0 Å². The van der Waals surface area contributed by atoms with Crippen LogP contribution in [-0.4, -0.2) is 44.4 Å². The number of benzene rings is 2. The summed E-state index contributed by atoms with van der Waals surface area (Å²) in [5.74, 6) is 0.595. The molecule has 160 valence electrons. The van der Waals surface area contributed by atoms with Gasteiger partial charge in [-0.1, -0.05) is 48.0 Å². The molecular weight excluding hydrogens is 400 g/mol. The molecule has 0 aromatic heterocycles. The Morgan fingerprint density at radius 3 is 2.50 bits per heavy atom. The number of hydrogen-bond donors (Lipinski definition) is 3. The third-order valence-corrected chi connectivity index (χ3v) is 6.59. The number of anilines is 1. The lowest BCUT2D eigenvalue weighted by atomic mass is 10.1.